The van der Waals surface area contributed by atoms with E-state index in [1.165, 1.54) is 6.42 Å². The normalized spacial score (nSPS) is 21.5. The van der Waals surface area contributed by atoms with Crippen LogP contribution in [0.3, 0.4) is 0 Å². The van der Waals surface area contributed by atoms with Crippen LogP contribution in [0.1, 0.15) is 46.5 Å². The standard InChI is InChI=1S/C13H24N2O2/c1-10(2)14-13(17)9-15-7-5-4-6-12(15)8-11(3)16/h10,12H,4-9H2,1-3H3,(H,14,17). The van der Waals surface area contributed by atoms with Crippen molar-refractivity contribution in [3.05, 3.63) is 0 Å². The Hall–Kier alpha value is -0.900. The second kappa shape index (κ2) is 6.74. The second-order valence-electron chi connectivity index (χ2n) is 5.25. The van der Waals surface area contributed by atoms with Crippen LogP contribution in [0.5, 0.6) is 0 Å². The average Bonchev–Trinajstić information content (AvgIpc) is 2.18. The van der Waals surface area contributed by atoms with Gasteiger partial charge >= 0.3 is 0 Å². The van der Waals surface area contributed by atoms with Gasteiger partial charge in [0.15, 0.2) is 0 Å². The van der Waals surface area contributed by atoms with E-state index in [-0.39, 0.29) is 23.8 Å². The number of hydrogen-bond donors (Lipinski definition) is 1. The Kier molecular flexibility index (Phi) is 5.62. The van der Waals surface area contributed by atoms with Crippen LogP contribution in [0.2, 0.25) is 0 Å². The van der Waals surface area contributed by atoms with Crippen LogP contribution in [0.15, 0.2) is 0 Å². The third-order valence-electron chi connectivity index (χ3n) is 3.07. The average molecular weight is 240 g/mol. The van der Waals surface area contributed by atoms with E-state index in [4.69, 9.17) is 0 Å². The van der Waals surface area contributed by atoms with E-state index < -0.39 is 0 Å². The molecule has 1 N–H and O–H groups in total. The van der Waals surface area contributed by atoms with Crippen LogP contribution in [0.25, 0.3) is 0 Å². The summed E-state index contributed by atoms with van der Waals surface area (Å²) in [5, 5.41) is 2.90. The van der Waals surface area contributed by atoms with Gasteiger partial charge in [-0.15, -0.1) is 0 Å². The summed E-state index contributed by atoms with van der Waals surface area (Å²) in [6.45, 7) is 6.91. The van der Waals surface area contributed by atoms with E-state index in [0.717, 1.165) is 19.4 Å². The maximum atomic E-state index is 11.7. The van der Waals surface area contributed by atoms with Crippen molar-refractivity contribution in [1.29, 1.82) is 0 Å². The van der Waals surface area contributed by atoms with Gasteiger partial charge in [0.1, 0.15) is 5.78 Å². The molecule has 1 rings (SSSR count). The lowest BCUT2D eigenvalue weighted by atomic mass is 9.98. The summed E-state index contributed by atoms with van der Waals surface area (Å²) in [5.74, 6) is 0.279. The molecule has 0 bridgehead atoms. The number of piperidine rings is 1. The first-order valence-corrected chi connectivity index (χ1v) is 6.52. The number of rotatable bonds is 5. The molecule has 4 heteroatoms. The number of nitrogens with one attached hydrogen (secondary N) is 1. The molecule has 0 saturated carbocycles. The van der Waals surface area contributed by atoms with Crippen LogP contribution in [0.4, 0.5) is 0 Å². The SMILES string of the molecule is CC(=O)CC1CCCCN1CC(=O)NC(C)C. The highest BCUT2D eigenvalue weighted by Gasteiger charge is 2.25. The molecule has 4 nitrogen and oxygen atoms in total. The number of likely N-dealkylation sites (tertiary alicyclic amines) is 1. The second-order valence-corrected chi connectivity index (χ2v) is 5.25. The van der Waals surface area contributed by atoms with E-state index in [9.17, 15) is 9.59 Å². The molecular formula is C13H24N2O2. The highest BCUT2D eigenvalue weighted by atomic mass is 16.2. The van der Waals surface area contributed by atoms with Crippen molar-refractivity contribution in [3.8, 4) is 0 Å². The Morgan fingerprint density at radius 2 is 2.06 bits per heavy atom. The predicted octanol–water partition coefficient (Wildman–Crippen LogP) is 1.34. The summed E-state index contributed by atoms with van der Waals surface area (Å²) in [5.41, 5.74) is 0. The van der Waals surface area contributed by atoms with E-state index in [2.05, 4.69) is 10.2 Å². The van der Waals surface area contributed by atoms with Gasteiger partial charge in [0.25, 0.3) is 0 Å². The molecule has 0 aromatic heterocycles. The lowest BCUT2D eigenvalue weighted by Crippen LogP contribution is -2.47. The predicted molar refractivity (Wildman–Crippen MR) is 67.8 cm³/mol. The highest BCUT2D eigenvalue weighted by molar-refractivity contribution is 5.79. The fourth-order valence-electron chi connectivity index (χ4n) is 2.38. The van der Waals surface area contributed by atoms with Crippen molar-refractivity contribution in [3.63, 3.8) is 0 Å². The molecule has 0 aliphatic carbocycles. The summed E-state index contributed by atoms with van der Waals surface area (Å²) in [7, 11) is 0. The van der Waals surface area contributed by atoms with Gasteiger partial charge in [-0.3, -0.25) is 14.5 Å². The van der Waals surface area contributed by atoms with Crippen LogP contribution in [0, 0.1) is 0 Å². The summed E-state index contributed by atoms with van der Waals surface area (Å²) in [4.78, 5) is 25.1. The van der Waals surface area contributed by atoms with Crippen molar-refractivity contribution < 1.29 is 9.59 Å². The number of nitrogens with zero attached hydrogens (tertiary/aromatic N) is 1. The van der Waals surface area contributed by atoms with E-state index in [1.807, 2.05) is 13.8 Å². The number of hydrogen-bond acceptors (Lipinski definition) is 3. The topological polar surface area (TPSA) is 49.4 Å². The number of carbonyl (C=O) groups excluding carboxylic acids is 2. The molecule has 17 heavy (non-hydrogen) atoms. The van der Waals surface area contributed by atoms with Crippen LogP contribution in [-0.2, 0) is 9.59 Å². The van der Waals surface area contributed by atoms with Gasteiger partial charge in [0, 0.05) is 18.5 Å². The minimum atomic E-state index is 0.0652. The Labute approximate surface area is 104 Å². The first-order chi connectivity index (χ1) is 7.99. The Bertz CT molecular complexity index is 277. The Morgan fingerprint density at radius 3 is 2.65 bits per heavy atom. The summed E-state index contributed by atoms with van der Waals surface area (Å²) < 4.78 is 0. The number of carbonyl (C=O) groups is 2. The largest absolute Gasteiger partial charge is 0.353 e. The van der Waals surface area contributed by atoms with Crippen LogP contribution in [-0.4, -0.2) is 41.8 Å². The van der Waals surface area contributed by atoms with Gasteiger partial charge in [-0.1, -0.05) is 6.42 Å². The van der Waals surface area contributed by atoms with Crippen LogP contribution < -0.4 is 5.32 Å². The fraction of sp³-hybridized carbons (Fsp3) is 0.846. The van der Waals surface area contributed by atoms with Crippen molar-refractivity contribution in [2.24, 2.45) is 0 Å². The van der Waals surface area contributed by atoms with Crippen molar-refractivity contribution in [2.45, 2.75) is 58.5 Å². The van der Waals surface area contributed by atoms with E-state index in [1.54, 1.807) is 6.92 Å². The van der Waals surface area contributed by atoms with Crippen LogP contribution >= 0.6 is 0 Å². The molecule has 0 radical (unpaired) electrons. The molecule has 1 heterocycles. The molecule has 0 spiro atoms. The summed E-state index contributed by atoms with van der Waals surface area (Å²) in [6, 6.07) is 0.442. The minimum absolute atomic E-state index is 0.0652. The van der Waals surface area contributed by atoms with Gasteiger partial charge in [-0.05, 0) is 40.2 Å². The van der Waals surface area contributed by atoms with Crippen molar-refractivity contribution in [1.82, 2.24) is 10.2 Å². The maximum Gasteiger partial charge on any atom is 0.234 e. The van der Waals surface area contributed by atoms with Crippen molar-refractivity contribution >= 4 is 11.7 Å². The molecule has 0 aromatic carbocycles. The fourth-order valence-corrected chi connectivity index (χ4v) is 2.38. The van der Waals surface area contributed by atoms with Gasteiger partial charge in [0.2, 0.25) is 5.91 Å². The van der Waals surface area contributed by atoms with Gasteiger partial charge < -0.3 is 5.32 Å². The third-order valence-corrected chi connectivity index (χ3v) is 3.07. The first-order valence-electron chi connectivity index (χ1n) is 6.52. The molecule has 1 unspecified atom stereocenters. The van der Waals surface area contributed by atoms with Gasteiger partial charge in [-0.2, -0.15) is 0 Å². The molecule has 98 valence electrons. The molecule has 1 saturated heterocycles. The Morgan fingerprint density at radius 1 is 1.35 bits per heavy atom. The number of Topliss-reactive ketones (excluding diaryl/α,β-unsaturated/α-hetero) is 1. The summed E-state index contributed by atoms with van der Waals surface area (Å²) in [6.07, 6.45) is 3.91. The quantitative estimate of drug-likeness (QED) is 0.789. The lowest BCUT2D eigenvalue weighted by molar-refractivity contribution is -0.125. The number of ketones is 1. The zero-order valence-corrected chi connectivity index (χ0v) is 11.2. The highest BCUT2D eigenvalue weighted by Crippen LogP contribution is 2.19. The lowest BCUT2D eigenvalue weighted by Gasteiger charge is -2.34. The molecule has 1 aliphatic heterocycles. The molecule has 1 amide bonds. The maximum absolute atomic E-state index is 11.7. The summed E-state index contributed by atoms with van der Waals surface area (Å²) >= 11 is 0. The monoisotopic (exact) mass is 240 g/mol. The van der Waals surface area contributed by atoms with E-state index in [0.29, 0.717) is 13.0 Å². The zero-order valence-electron chi connectivity index (χ0n) is 11.2. The van der Waals surface area contributed by atoms with Crippen molar-refractivity contribution in [2.75, 3.05) is 13.1 Å². The smallest absolute Gasteiger partial charge is 0.234 e. The molecule has 1 aliphatic rings. The van der Waals surface area contributed by atoms with E-state index >= 15 is 0 Å². The number of amides is 1. The minimum Gasteiger partial charge on any atom is -0.353 e. The Balaban J connectivity index is 2.47. The zero-order chi connectivity index (χ0) is 12.8. The van der Waals surface area contributed by atoms with Gasteiger partial charge in [0.05, 0.1) is 6.54 Å². The molecule has 0 aromatic rings. The molecule has 1 atom stereocenters. The molecule has 1 fully saturated rings. The third kappa shape index (κ3) is 5.31. The first kappa shape index (κ1) is 14.2. The van der Waals surface area contributed by atoms with Gasteiger partial charge in [-0.25, -0.2) is 0 Å². The molecular weight excluding hydrogens is 216 g/mol.